The number of carbonyl (C=O) groups is 2. The summed E-state index contributed by atoms with van der Waals surface area (Å²) in [5, 5.41) is 0.408. The van der Waals surface area contributed by atoms with E-state index < -0.39 is 17.3 Å². The molecule has 2 bridgehead atoms. The van der Waals surface area contributed by atoms with Crippen LogP contribution in [0.2, 0.25) is 0 Å². The van der Waals surface area contributed by atoms with Crippen molar-refractivity contribution in [3.05, 3.63) is 45.1 Å². The van der Waals surface area contributed by atoms with Crippen molar-refractivity contribution in [2.75, 3.05) is 31.6 Å². The monoisotopic (exact) mass is 470 g/mol. The van der Waals surface area contributed by atoms with Gasteiger partial charge in [-0.3, -0.25) is 14.4 Å². The van der Waals surface area contributed by atoms with Gasteiger partial charge in [0, 0.05) is 32.1 Å². The van der Waals surface area contributed by atoms with Crippen LogP contribution in [0.1, 0.15) is 38.1 Å². The number of carbonyl (C=O) groups excluding carboxylic acids is 2. The van der Waals surface area contributed by atoms with Gasteiger partial charge in [-0.2, -0.15) is 11.8 Å². The standard InChI is InChI=1S/C24H30N4O4S/c1-33-10-9-20(28-22(30)17-5-2-3-6-18(17)25-24(28)32)23(31)26-12-15-11-16(14-26)19-7-4-8-21(29)27(19)13-15/h2-3,5-6,15-16,19-20H,4,7-14H2,1H3,(H,25,32)/t15-,16+,19?,20?/m1/s1. The third-order valence-electron chi connectivity index (χ3n) is 7.52. The number of nitrogens with one attached hydrogen (secondary N) is 1. The number of hydrogen-bond donors (Lipinski definition) is 1. The molecule has 2 aromatic rings. The van der Waals surface area contributed by atoms with Crippen LogP contribution in [0.4, 0.5) is 0 Å². The molecule has 9 heteroatoms. The Morgan fingerprint density at radius 2 is 2.00 bits per heavy atom. The number of fused-ring (bicyclic) bond motifs is 5. The lowest BCUT2D eigenvalue weighted by atomic mass is 9.76. The molecule has 0 saturated carbocycles. The molecule has 1 N–H and O–H groups in total. The van der Waals surface area contributed by atoms with E-state index in [0.29, 0.717) is 49.1 Å². The number of rotatable bonds is 5. The summed E-state index contributed by atoms with van der Waals surface area (Å²) < 4.78 is 1.13. The van der Waals surface area contributed by atoms with Gasteiger partial charge in [0.25, 0.3) is 5.56 Å². The second-order valence-electron chi connectivity index (χ2n) is 9.56. The Hall–Kier alpha value is -2.55. The first-order valence-electron chi connectivity index (χ1n) is 11.8. The second-order valence-corrected chi connectivity index (χ2v) is 10.5. The van der Waals surface area contributed by atoms with Crippen molar-refractivity contribution in [1.29, 1.82) is 0 Å². The zero-order valence-corrected chi connectivity index (χ0v) is 19.7. The lowest BCUT2D eigenvalue weighted by Gasteiger charge is -2.52. The summed E-state index contributed by atoms with van der Waals surface area (Å²) in [6.45, 7) is 1.86. The first-order valence-corrected chi connectivity index (χ1v) is 13.2. The third kappa shape index (κ3) is 4.00. The Bertz CT molecular complexity index is 1190. The molecule has 4 atom stereocenters. The summed E-state index contributed by atoms with van der Waals surface area (Å²) in [5.41, 5.74) is -0.483. The number of aromatic amines is 1. The van der Waals surface area contributed by atoms with Crippen LogP contribution in [0.3, 0.4) is 0 Å². The molecule has 8 nitrogen and oxygen atoms in total. The van der Waals surface area contributed by atoms with E-state index in [2.05, 4.69) is 4.98 Å². The maximum Gasteiger partial charge on any atom is 0.329 e. The highest BCUT2D eigenvalue weighted by Crippen LogP contribution is 2.38. The lowest BCUT2D eigenvalue weighted by Crippen LogP contribution is -2.62. The number of para-hydroxylation sites is 1. The minimum absolute atomic E-state index is 0.155. The molecule has 3 saturated heterocycles. The Labute approximate surface area is 196 Å². The molecule has 0 radical (unpaired) electrons. The van der Waals surface area contributed by atoms with Crippen LogP contribution in [-0.4, -0.2) is 68.8 Å². The molecule has 1 aromatic carbocycles. The van der Waals surface area contributed by atoms with Crippen LogP contribution in [0.15, 0.2) is 33.9 Å². The predicted molar refractivity (Wildman–Crippen MR) is 128 cm³/mol. The van der Waals surface area contributed by atoms with E-state index in [9.17, 15) is 19.2 Å². The number of aromatic nitrogens is 2. The molecule has 33 heavy (non-hydrogen) atoms. The van der Waals surface area contributed by atoms with Gasteiger partial charge in [0.2, 0.25) is 11.8 Å². The molecule has 3 fully saturated rings. The fraction of sp³-hybridized carbons (Fsp3) is 0.583. The van der Waals surface area contributed by atoms with Crippen molar-refractivity contribution >= 4 is 34.5 Å². The SMILES string of the molecule is CSCCC(C(=O)N1C[C@H]2C[C@@H](C1)C1CCCC(=O)N1C2)n1c(=O)[nH]c2ccccc2c1=O. The second kappa shape index (κ2) is 9.00. The fourth-order valence-electron chi connectivity index (χ4n) is 6.05. The summed E-state index contributed by atoms with van der Waals surface area (Å²) >= 11 is 1.59. The van der Waals surface area contributed by atoms with Gasteiger partial charge in [-0.25, -0.2) is 9.36 Å². The summed E-state index contributed by atoms with van der Waals surface area (Å²) in [4.78, 5) is 59.2. The molecule has 4 heterocycles. The van der Waals surface area contributed by atoms with Crippen molar-refractivity contribution in [1.82, 2.24) is 19.4 Å². The van der Waals surface area contributed by atoms with E-state index in [-0.39, 0.29) is 29.7 Å². The number of likely N-dealkylation sites (tertiary alicyclic amines) is 1. The number of piperidine rings is 3. The van der Waals surface area contributed by atoms with Gasteiger partial charge < -0.3 is 14.8 Å². The molecule has 1 aromatic heterocycles. The van der Waals surface area contributed by atoms with E-state index >= 15 is 0 Å². The van der Waals surface area contributed by atoms with Gasteiger partial charge in [0.15, 0.2) is 0 Å². The summed E-state index contributed by atoms with van der Waals surface area (Å²) in [6.07, 6.45) is 5.93. The van der Waals surface area contributed by atoms with E-state index in [1.54, 1.807) is 36.0 Å². The van der Waals surface area contributed by atoms with Gasteiger partial charge in [-0.1, -0.05) is 12.1 Å². The Morgan fingerprint density at radius 1 is 1.18 bits per heavy atom. The first-order chi connectivity index (χ1) is 16.0. The number of amides is 2. The minimum atomic E-state index is -0.832. The number of H-pyrrole nitrogens is 1. The van der Waals surface area contributed by atoms with Gasteiger partial charge in [-0.15, -0.1) is 0 Å². The van der Waals surface area contributed by atoms with Crippen LogP contribution in [0.5, 0.6) is 0 Å². The largest absolute Gasteiger partial charge is 0.340 e. The van der Waals surface area contributed by atoms with Gasteiger partial charge >= 0.3 is 5.69 Å². The molecule has 0 spiro atoms. The van der Waals surface area contributed by atoms with Crippen LogP contribution < -0.4 is 11.2 Å². The first kappa shape index (κ1) is 22.3. The fourth-order valence-corrected chi connectivity index (χ4v) is 6.51. The van der Waals surface area contributed by atoms with E-state index in [1.807, 2.05) is 16.1 Å². The molecular formula is C24H30N4O4S. The van der Waals surface area contributed by atoms with Gasteiger partial charge in [-0.05, 0) is 61.7 Å². The van der Waals surface area contributed by atoms with E-state index in [0.717, 1.165) is 23.8 Å². The summed E-state index contributed by atoms with van der Waals surface area (Å²) in [6, 6.07) is 6.28. The Balaban J connectivity index is 1.47. The maximum atomic E-state index is 13.8. The predicted octanol–water partition coefficient (Wildman–Crippen LogP) is 1.84. The van der Waals surface area contributed by atoms with Crippen molar-refractivity contribution in [3.63, 3.8) is 0 Å². The summed E-state index contributed by atoms with van der Waals surface area (Å²) in [7, 11) is 0. The Morgan fingerprint density at radius 3 is 2.82 bits per heavy atom. The van der Waals surface area contributed by atoms with Gasteiger partial charge in [0.05, 0.1) is 10.9 Å². The maximum absolute atomic E-state index is 13.8. The zero-order valence-electron chi connectivity index (χ0n) is 18.9. The smallest absolute Gasteiger partial charge is 0.329 e. The zero-order chi connectivity index (χ0) is 23.1. The molecule has 2 amide bonds. The highest BCUT2D eigenvalue weighted by atomic mass is 32.2. The number of benzene rings is 1. The van der Waals surface area contributed by atoms with E-state index in [1.165, 1.54) is 0 Å². The molecule has 2 unspecified atom stereocenters. The van der Waals surface area contributed by atoms with Crippen molar-refractivity contribution in [2.45, 2.75) is 44.2 Å². The molecular weight excluding hydrogens is 440 g/mol. The molecule has 0 aliphatic carbocycles. The highest BCUT2D eigenvalue weighted by Gasteiger charge is 2.45. The van der Waals surface area contributed by atoms with Crippen LogP contribution in [0.25, 0.3) is 10.9 Å². The quantitative estimate of drug-likeness (QED) is 0.720. The lowest BCUT2D eigenvalue weighted by molar-refractivity contribution is -0.150. The Kier molecular flexibility index (Phi) is 6.07. The molecule has 176 valence electrons. The molecule has 5 rings (SSSR count). The van der Waals surface area contributed by atoms with Crippen LogP contribution >= 0.6 is 11.8 Å². The summed E-state index contributed by atoms with van der Waals surface area (Å²) in [5.74, 6) is 1.27. The average molecular weight is 471 g/mol. The third-order valence-corrected chi connectivity index (χ3v) is 8.16. The highest BCUT2D eigenvalue weighted by molar-refractivity contribution is 7.98. The van der Waals surface area contributed by atoms with Crippen molar-refractivity contribution in [3.8, 4) is 0 Å². The molecule has 3 aliphatic rings. The topological polar surface area (TPSA) is 95.5 Å². The average Bonchev–Trinajstić information content (AvgIpc) is 2.81. The van der Waals surface area contributed by atoms with Crippen LogP contribution in [-0.2, 0) is 9.59 Å². The van der Waals surface area contributed by atoms with Crippen molar-refractivity contribution < 1.29 is 9.59 Å². The van der Waals surface area contributed by atoms with Crippen LogP contribution in [0, 0.1) is 11.8 Å². The number of hydrogen-bond acceptors (Lipinski definition) is 5. The van der Waals surface area contributed by atoms with E-state index in [4.69, 9.17) is 0 Å². The number of nitrogens with zero attached hydrogens (tertiary/aromatic N) is 3. The molecule has 3 aliphatic heterocycles. The number of thioether (sulfide) groups is 1. The van der Waals surface area contributed by atoms with Crippen molar-refractivity contribution in [2.24, 2.45) is 11.8 Å². The normalized spacial score (nSPS) is 25.7. The van der Waals surface area contributed by atoms with Gasteiger partial charge in [0.1, 0.15) is 6.04 Å². The minimum Gasteiger partial charge on any atom is -0.340 e.